The Bertz CT molecular complexity index is 128. The highest BCUT2D eigenvalue weighted by molar-refractivity contribution is 14.0. The number of rotatable bonds is 1. The van der Waals surface area contributed by atoms with E-state index in [2.05, 4.69) is 4.74 Å². The van der Waals surface area contributed by atoms with Gasteiger partial charge in [0.1, 0.15) is 5.60 Å². The molecule has 0 bridgehead atoms. The first kappa shape index (κ1) is 17.5. The topological polar surface area (TPSA) is 89.7 Å². The van der Waals surface area contributed by atoms with Crippen molar-refractivity contribution in [3.63, 3.8) is 0 Å². The minimum absolute atomic E-state index is 0. The van der Waals surface area contributed by atoms with Gasteiger partial charge in [-0.15, -0.1) is 34.1 Å². The van der Waals surface area contributed by atoms with Crippen molar-refractivity contribution >= 4 is 30.4 Å². The highest BCUT2D eigenvalue weighted by Gasteiger charge is 2.07. The third-order valence-electron chi connectivity index (χ3n) is 0.402. The average molecular weight is 293 g/mol. The Kier molecular flexibility index (Phi) is 12.4. The van der Waals surface area contributed by atoms with Gasteiger partial charge in [0.25, 0.3) is 11.6 Å². The monoisotopic (exact) mass is 293 g/mol. The Morgan fingerprint density at radius 2 is 1.75 bits per heavy atom. The Morgan fingerprint density at radius 3 is 1.75 bits per heavy atom. The molecule has 0 saturated heterocycles. The van der Waals surface area contributed by atoms with Crippen LogP contribution < -0.4 is 0 Å². The van der Waals surface area contributed by atoms with E-state index >= 15 is 0 Å². The maximum Gasteiger partial charge on any atom is 0.293 e. The van der Waals surface area contributed by atoms with Gasteiger partial charge in [-0.05, 0) is 20.8 Å². The molecule has 0 unspecified atom stereocenters. The lowest BCUT2D eigenvalue weighted by Gasteiger charge is -2.14. The van der Waals surface area contributed by atoms with Crippen molar-refractivity contribution in [2.24, 2.45) is 0 Å². The normalized spacial score (nSPS) is 8.25. The molecule has 0 heterocycles. The molecule has 0 amide bonds. The SMILES string of the molecule is CC(C)(C)OC=O.I.O=[N+]([O-])O. The highest BCUT2D eigenvalue weighted by atomic mass is 127. The van der Waals surface area contributed by atoms with Crippen LogP contribution in [0.3, 0.4) is 0 Å². The van der Waals surface area contributed by atoms with Gasteiger partial charge in [-0.2, -0.15) is 0 Å². The molecule has 0 saturated carbocycles. The summed E-state index contributed by atoms with van der Waals surface area (Å²) in [4.78, 5) is 18.0. The van der Waals surface area contributed by atoms with Crippen molar-refractivity contribution in [2.45, 2.75) is 26.4 Å². The maximum atomic E-state index is 9.60. The van der Waals surface area contributed by atoms with Crippen molar-refractivity contribution in [1.29, 1.82) is 0 Å². The molecular formula is C5H12INO5. The predicted molar refractivity (Wildman–Crippen MR) is 51.1 cm³/mol. The quantitative estimate of drug-likeness (QED) is 0.340. The molecule has 7 heteroatoms. The number of carbonyl (C=O) groups excluding carboxylic acids is 1. The van der Waals surface area contributed by atoms with Crippen molar-refractivity contribution in [3.8, 4) is 0 Å². The molecule has 0 radical (unpaired) electrons. The van der Waals surface area contributed by atoms with Crippen molar-refractivity contribution in [3.05, 3.63) is 10.1 Å². The first-order valence-electron chi connectivity index (χ1n) is 2.74. The minimum Gasteiger partial charge on any atom is -0.462 e. The van der Waals surface area contributed by atoms with Crippen LogP contribution in [0.1, 0.15) is 20.8 Å². The van der Waals surface area contributed by atoms with Crippen LogP contribution in [0.5, 0.6) is 0 Å². The zero-order valence-corrected chi connectivity index (χ0v) is 9.34. The summed E-state index contributed by atoms with van der Waals surface area (Å²) in [5.41, 5.74) is -0.318. The van der Waals surface area contributed by atoms with Crippen LogP contribution in [-0.4, -0.2) is 22.4 Å². The first-order chi connectivity index (χ1) is 4.79. The third kappa shape index (κ3) is 57.4. The van der Waals surface area contributed by atoms with Gasteiger partial charge in [0, 0.05) is 0 Å². The maximum absolute atomic E-state index is 9.60. The second-order valence-electron chi connectivity index (χ2n) is 2.56. The number of hydrogen-bond donors (Lipinski definition) is 1. The summed E-state index contributed by atoms with van der Waals surface area (Å²) in [6, 6.07) is 0. The van der Waals surface area contributed by atoms with E-state index in [0.717, 1.165) is 0 Å². The van der Waals surface area contributed by atoms with E-state index in [1.54, 1.807) is 0 Å². The Labute approximate surface area is 87.0 Å². The van der Waals surface area contributed by atoms with Gasteiger partial charge < -0.3 is 9.94 Å². The number of carbonyl (C=O) groups is 1. The second kappa shape index (κ2) is 8.50. The Morgan fingerprint density at radius 1 is 1.50 bits per heavy atom. The Hall–Kier alpha value is -0.600. The van der Waals surface area contributed by atoms with Crippen molar-refractivity contribution in [1.82, 2.24) is 0 Å². The van der Waals surface area contributed by atoms with Crippen molar-refractivity contribution < 1.29 is 19.8 Å². The predicted octanol–water partition coefficient (Wildman–Crippen LogP) is 1.23. The van der Waals surface area contributed by atoms with Gasteiger partial charge in [-0.1, -0.05) is 0 Å². The van der Waals surface area contributed by atoms with Crippen LogP contribution in [0.15, 0.2) is 0 Å². The average Bonchev–Trinajstić information content (AvgIpc) is 1.58. The van der Waals surface area contributed by atoms with Gasteiger partial charge in [0.2, 0.25) is 0 Å². The van der Waals surface area contributed by atoms with E-state index in [0.29, 0.717) is 6.47 Å². The van der Waals surface area contributed by atoms with Gasteiger partial charge in [0.05, 0.1) is 0 Å². The summed E-state index contributed by atoms with van der Waals surface area (Å²) >= 11 is 0. The summed E-state index contributed by atoms with van der Waals surface area (Å²) in [6.45, 7) is 5.92. The van der Waals surface area contributed by atoms with Crippen LogP contribution in [0.2, 0.25) is 0 Å². The van der Waals surface area contributed by atoms with E-state index in [9.17, 15) is 4.79 Å². The molecule has 0 aromatic carbocycles. The van der Waals surface area contributed by atoms with Crippen molar-refractivity contribution in [2.75, 3.05) is 0 Å². The molecule has 6 nitrogen and oxygen atoms in total. The smallest absolute Gasteiger partial charge is 0.293 e. The molecule has 0 atom stereocenters. The summed E-state index contributed by atoms with van der Waals surface area (Å²) in [6.07, 6.45) is 0. The fraction of sp³-hybridized carbons (Fsp3) is 0.800. The van der Waals surface area contributed by atoms with Crippen LogP contribution >= 0.6 is 24.0 Å². The minimum atomic E-state index is -1.50. The lowest BCUT2D eigenvalue weighted by atomic mass is 10.2. The van der Waals surface area contributed by atoms with E-state index in [1.165, 1.54) is 0 Å². The molecule has 1 N–H and O–H groups in total. The number of ether oxygens (including phenoxy) is 1. The van der Waals surface area contributed by atoms with Crippen LogP contribution in [0.25, 0.3) is 0 Å². The summed E-state index contributed by atoms with van der Waals surface area (Å²) in [5, 5.41) is 13.6. The van der Waals surface area contributed by atoms with E-state index in [-0.39, 0.29) is 29.6 Å². The fourth-order valence-electron chi connectivity index (χ4n) is 0.144. The van der Waals surface area contributed by atoms with Gasteiger partial charge in [-0.3, -0.25) is 4.79 Å². The molecule has 74 valence electrons. The van der Waals surface area contributed by atoms with Crippen LogP contribution in [0.4, 0.5) is 0 Å². The number of nitrogens with zero attached hydrogens (tertiary/aromatic N) is 1. The van der Waals surface area contributed by atoms with Crippen LogP contribution in [0, 0.1) is 10.1 Å². The standard InChI is InChI=1S/C5H10O2.HI.HNO3/c1-5(2,3)7-4-6;;2-1(3)4/h4H,1-3H3;1H;(H,2,3,4). The lowest BCUT2D eigenvalue weighted by molar-refractivity contribution is -0.742. The molecular weight excluding hydrogens is 281 g/mol. The summed E-state index contributed by atoms with van der Waals surface area (Å²) in [7, 11) is 0. The van der Waals surface area contributed by atoms with Gasteiger partial charge >= 0.3 is 0 Å². The van der Waals surface area contributed by atoms with Gasteiger partial charge in [0.15, 0.2) is 0 Å². The zero-order valence-electron chi connectivity index (χ0n) is 7.01. The lowest BCUT2D eigenvalue weighted by Crippen LogP contribution is -2.17. The first-order valence-corrected chi connectivity index (χ1v) is 2.74. The molecule has 0 spiro atoms. The number of hydrogen-bond acceptors (Lipinski definition) is 4. The molecule has 12 heavy (non-hydrogen) atoms. The van der Waals surface area contributed by atoms with E-state index < -0.39 is 5.09 Å². The summed E-state index contributed by atoms with van der Waals surface area (Å²) in [5.74, 6) is 0. The molecule has 0 aromatic rings. The third-order valence-corrected chi connectivity index (χ3v) is 0.402. The van der Waals surface area contributed by atoms with Gasteiger partial charge in [-0.25, -0.2) is 0 Å². The highest BCUT2D eigenvalue weighted by Crippen LogP contribution is 2.02. The molecule has 0 aromatic heterocycles. The molecule has 0 aliphatic carbocycles. The fourth-order valence-corrected chi connectivity index (χ4v) is 0.144. The van der Waals surface area contributed by atoms with Crippen LogP contribution in [-0.2, 0) is 9.53 Å². The number of halogens is 1. The largest absolute Gasteiger partial charge is 0.462 e. The second-order valence-corrected chi connectivity index (χ2v) is 2.56. The molecule has 0 fully saturated rings. The van der Waals surface area contributed by atoms with E-state index in [1.807, 2.05) is 20.8 Å². The zero-order chi connectivity index (χ0) is 9.49. The van der Waals surface area contributed by atoms with E-state index in [4.69, 9.17) is 15.3 Å². The molecule has 0 aliphatic rings. The molecule has 0 rings (SSSR count). The summed E-state index contributed by atoms with van der Waals surface area (Å²) < 4.78 is 4.55. The molecule has 0 aliphatic heterocycles. The Balaban J connectivity index is -0.000000142.